The quantitative estimate of drug-likeness (QED) is 0.499. The first-order valence-corrected chi connectivity index (χ1v) is 12.5. The third kappa shape index (κ3) is 2.83. The Balaban J connectivity index is 2.57. The summed E-state index contributed by atoms with van der Waals surface area (Å²) >= 11 is 0. The second-order valence-electron chi connectivity index (χ2n) is 10.1. The van der Waals surface area contributed by atoms with E-state index >= 15 is 0 Å². The molecular weight excluding hydrogens is 312 g/mol. The zero-order chi connectivity index (χ0) is 18.4. The highest BCUT2D eigenvalue weighted by Gasteiger charge is 2.69. The molecule has 2 atom stereocenters. The molecule has 0 aromatic rings. The predicted molar refractivity (Wildman–Crippen MR) is 106 cm³/mol. The van der Waals surface area contributed by atoms with Crippen LogP contribution in [0.15, 0.2) is 0 Å². The second kappa shape index (κ2) is 7.04. The third-order valence-electron chi connectivity index (χ3n) is 7.39. The van der Waals surface area contributed by atoms with Crippen molar-refractivity contribution in [1.82, 2.24) is 0 Å². The second-order valence-corrected chi connectivity index (χ2v) is 16.5. The zero-order valence-electron chi connectivity index (χ0n) is 17.8. The van der Waals surface area contributed by atoms with Crippen molar-refractivity contribution < 1.29 is 9.47 Å². The van der Waals surface area contributed by atoms with Gasteiger partial charge in [0.05, 0.1) is 20.3 Å². The number of hydrogen-bond donors (Lipinski definition) is 0. The maximum atomic E-state index is 6.60. The van der Waals surface area contributed by atoms with Crippen LogP contribution in [0, 0.1) is 11.8 Å². The van der Waals surface area contributed by atoms with E-state index < -0.39 is 8.07 Å². The Labute approximate surface area is 152 Å². The van der Waals surface area contributed by atoms with Crippen molar-refractivity contribution in [1.29, 1.82) is 0 Å². The molecular formula is C21H42O2Si. The summed E-state index contributed by atoms with van der Waals surface area (Å²) in [6.07, 6.45) is 3.21. The number of rotatable bonds is 6. The Morgan fingerprint density at radius 2 is 1.00 bits per heavy atom. The zero-order valence-corrected chi connectivity index (χ0v) is 18.8. The van der Waals surface area contributed by atoms with E-state index in [1.54, 1.807) is 0 Å². The molecule has 2 saturated heterocycles. The lowest BCUT2D eigenvalue weighted by Crippen LogP contribution is -2.57. The van der Waals surface area contributed by atoms with Gasteiger partial charge in [0.2, 0.25) is 0 Å². The molecule has 0 radical (unpaired) electrons. The minimum Gasteiger partial charge on any atom is -0.349 e. The summed E-state index contributed by atoms with van der Waals surface area (Å²) in [6.45, 7) is 24.2. The average molecular weight is 355 g/mol. The fourth-order valence-corrected chi connectivity index (χ4v) is 15.9. The maximum absolute atomic E-state index is 6.60. The minimum atomic E-state index is -1.67. The molecule has 2 aliphatic heterocycles. The van der Waals surface area contributed by atoms with Crippen molar-refractivity contribution in [2.75, 3.05) is 0 Å². The van der Waals surface area contributed by atoms with E-state index in [0.717, 1.165) is 16.6 Å². The average Bonchev–Trinajstić information content (AvgIpc) is 2.92. The van der Waals surface area contributed by atoms with Crippen LogP contribution in [0.4, 0.5) is 0 Å². The molecule has 0 amide bonds. The summed E-state index contributed by atoms with van der Waals surface area (Å²) in [5.41, 5.74) is 2.26. The third-order valence-corrected chi connectivity index (χ3v) is 15.5. The molecule has 0 N–H and O–H groups in total. The van der Waals surface area contributed by atoms with E-state index in [-0.39, 0.29) is 11.3 Å². The summed E-state index contributed by atoms with van der Waals surface area (Å²) in [5.74, 6) is 1.15. The van der Waals surface area contributed by atoms with Gasteiger partial charge in [0.25, 0.3) is 0 Å². The van der Waals surface area contributed by atoms with Crippen molar-refractivity contribution in [3.63, 3.8) is 0 Å². The van der Waals surface area contributed by atoms with Gasteiger partial charge in [0.15, 0.2) is 6.29 Å². The molecule has 0 unspecified atom stereocenters. The van der Waals surface area contributed by atoms with Gasteiger partial charge in [0, 0.05) is 5.04 Å². The van der Waals surface area contributed by atoms with E-state index in [1.165, 1.54) is 12.8 Å². The Hall–Kier alpha value is 0.137. The largest absolute Gasteiger partial charge is 0.349 e. The number of fused-ring (bicyclic) bond motifs is 1. The standard InChI is InChI=1S/C21H42O2Si/c1-13(2)18-11-21(12-19(14(3)4)23-20(21)22-18)24(15(5)6,16(7)8)17(9)10/h13-20H,11-12H2,1-10H3/t18-,19-,20?,21?/m1/s1. The van der Waals surface area contributed by atoms with Gasteiger partial charge in [-0.3, -0.25) is 0 Å². The summed E-state index contributed by atoms with van der Waals surface area (Å²) in [4.78, 5) is 0. The van der Waals surface area contributed by atoms with Crippen LogP contribution in [-0.2, 0) is 9.47 Å². The van der Waals surface area contributed by atoms with E-state index in [2.05, 4.69) is 69.2 Å². The van der Waals surface area contributed by atoms with E-state index in [1.807, 2.05) is 0 Å². The van der Waals surface area contributed by atoms with E-state index in [9.17, 15) is 0 Å². The molecule has 2 heterocycles. The summed E-state index contributed by atoms with van der Waals surface area (Å²) < 4.78 is 13.2. The molecule has 142 valence electrons. The van der Waals surface area contributed by atoms with Crippen LogP contribution >= 0.6 is 0 Å². The van der Waals surface area contributed by atoms with Gasteiger partial charge in [-0.2, -0.15) is 0 Å². The van der Waals surface area contributed by atoms with Crippen LogP contribution in [0.1, 0.15) is 82.1 Å². The maximum Gasteiger partial charge on any atom is 0.161 e. The van der Waals surface area contributed by atoms with E-state index in [0.29, 0.717) is 24.0 Å². The van der Waals surface area contributed by atoms with Crippen molar-refractivity contribution in [3.8, 4) is 0 Å². The molecule has 0 aromatic carbocycles. The van der Waals surface area contributed by atoms with Gasteiger partial charge >= 0.3 is 0 Å². The first kappa shape index (κ1) is 20.4. The monoisotopic (exact) mass is 354 g/mol. The fourth-order valence-electron chi connectivity index (χ4n) is 6.77. The predicted octanol–water partition coefficient (Wildman–Crippen LogP) is 6.62. The van der Waals surface area contributed by atoms with Gasteiger partial charge in [0.1, 0.15) is 0 Å². The highest BCUT2D eigenvalue weighted by Crippen LogP contribution is 2.69. The topological polar surface area (TPSA) is 18.5 Å². The molecule has 2 aliphatic rings. The molecule has 2 nitrogen and oxygen atoms in total. The molecule has 2 fully saturated rings. The molecule has 24 heavy (non-hydrogen) atoms. The highest BCUT2D eigenvalue weighted by molar-refractivity contribution is 6.86. The number of hydrogen-bond acceptors (Lipinski definition) is 2. The van der Waals surface area contributed by atoms with Crippen molar-refractivity contribution in [3.05, 3.63) is 0 Å². The van der Waals surface area contributed by atoms with Crippen molar-refractivity contribution in [2.45, 2.75) is 122 Å². The Bertz CT molecular complexity index is 386. The molecule has 0 aromatic heterocycles. The van der Waals surface area contributed by atoms with E-state index in [4.69, 9.17) is 9.47 Å². The summed E-state index contributed by atoms with van der Waals surface area (Å²) in [7, 11) is -1.67. The molecule has 0 aliphatic carbocycles. The van der Waals surface area contributed by atoms with Crippen LogP contribution in [0.25, 0.3) is 0 Å². The van der Waals surface area contributed by atoms with Crippen molar-refractivity contribution >= 4 is 8.07 Å². The van der Waals surface area contributed by atoms with Crippen LogP contribution in [0.2, 0.25) is 21.7 Å². The van der Waals surface area contributed by atoms with Gasteiger partial charge < -0.3 is 9.47 Å². The highest BCUT2D eigenvalue weighted by atomic mass is 28.3. The SMILES string of the molecule is CC(C)[C@H]1CC2([Si](C(C)C)(C(C)C)C(C)C)C[C@H](C(C)C)OC2O1. The summed E-state index contributed by atoms with van der Waals surface area (Å²) in [5, 5.41) is 0.285. The Morgan fingerprint density at radius 1 is 0.667 bits per heavy atom. The van der Waals surface area contributed by atoms with Gasteiger partial charge in [-0.15, -0.1) is 0 Å². The first-order valence-electron chi connectivity index (χ1n) is 10.3. The Morgan fingerprint density at radius 3 is 1.25 bits per heavy atom. The molecule has 2 rings (SSSR count). The van der Waals surface area contributed by atoms with Crippen molar-refractivity contribution in [2.24, 2.45) is 11.8 Å². The van der Waals surface area contributed by atoms with Gasteiger partial charge in [-0.25, -0.2) is 0 Å². The van der Waals surface area contributed by atoms with Crippen LogP contribution < -0.4 is 0 Å². The van der Waals surface area contributed by atoms with Gasteiger partial charge in [-0.05, 0) is 41.3 Å². The van der Waals surface area contributed by atoms with Crippen LogP contribution in [0.3, 0.4) is 0 Å². The summed E-state index contributed by atoms with van der Waals surface area (Å²) in [6, 6.07) is 0. The fraction of sp³-hybridized carbons (Fsp3) is 1.00. The lowest BCUT2D eigenvalue weighted by molar-refractivity contribution is -0.152. The normalized spacial score (nSPS) is 34.4. The van der Waals surface area contributed by atoms with Crippen LogP contribution in [-0.4, -0.2) is 26.6 Å². The van der Waals surface area contributed by atoms with Crippen LogP contribution in [0.5, 0.6) is 0 Å². The molecule has 0 saturated carbocycles. The Kier molecular flexibility index (Phi) is 6.00. The minimum absolute atomic E-state index is 0.0381. The smallest absolute Gasteiger partial charge is 0.161 e. The molecule has 0 bridgehead atoms. The lowest BCUT2D eigenvalue weighted by Gasteiger charge is -2.55. The molecule has 3 heteroatoms. The first-order chi connectivity index (χ1) is 11.0. The molecule has 0 spiro atoms. The number of ether oxygens (including phenoxy) is 2. The van der Waals surface area contributed by atoms with Gasteiger partial charge in [-0.1, -0.05) is 69.2 Å². The lowest BCUT2D eigenvalue weighted by atomic mass is 9.91.